The monoisotopic (exact) mass is 374 g/mol. The first-order chi connectivity index (χ1) is 10.8. The Balaban J connectivity index is 0.00000208. The molecule has 3 rings (SSSR count). The first kappa shape index (κ1) is 18.1. The third kappa shape index (κ3) is 3.62. The minimum absolute atomic E-state index is 0. The molecule has 0 bridgehead atoms. The normalized spacial score (nSPS) is 11.3. The number of H-pyrrole nitrogens is 1. The van der Waals surface area contributed by atoms with Gasteiger partial charge in [0.1, 0.15) is 0 Å². The average molecular weight is 375 g/mol. The number of imidazole rings is 1. The summed E-state index contributed by atoms with van der Waals surface area (Å²) in [6, 6.07) is 9.57. The lowest BCUT2D eigenvalue weighted by Gasteiger charge is -2.07. The van der Waals surface area contributed by atoms with Crippen molar-refractivity contribution in [2.45, 2.75) is 16.2 Å². The maximum atomic E-state index is 12.7. The van der Waals surface area contributed by atoms with Crippen molar-refractivity contribution in [3.05, 3.63) is 58.1 Å². The quantitative estimate of drug-likeness (QED) is 0.559. The molecule has 24 heavy (non-hydrogen) atoms. The van der Waals surface area contributed by atoms with Gasteiger partial charge in [0.2, 0.25) is 0 Å². The van der Waals surface area contributed by atoms with E-state index in [9.17, 15) is 23.3 Å². The molecule has 0 radical (unpaired) electrons. The second-order valence-electron chi connectivity index (χ2n) is 4.60. The number of alkyl halides is 3. The van der Waals surface area contributed by atoms with Gasteiger partial charge < -0.3 is 17.4 Å². The molecular formula is C14H8ClF3N3O2S-. The Morgan fingerprint density at radius 1 is 1.17 bits per heavy atom. The van der Waals surface area contributed by atoms with Gasteiger partial charge in [-0.1, -0.05) is 12.1 Å². The van der Waals surface area contributed by atoms with Crippen LogP contribution < -0.4 is 12.4 Å². The van der Waals surface area contributed by atoms with E-state index in [2.05, 4.69) is 9.97 Å². The van der Waals surface area contributed by atoms with Crippen molar-refractivity contribution in [1.82, 2.24) is 9.97 Å². The summed E-state index contributed by atoms with van der Waals surface area (Å²) >= 11 is 0.912. The van der Waals surface area contributed by atoms with Gasteiger partial charge >= 0.3 is 6.18 Å². The number of nitrogens with one attached hydrogen (secondary N) is 1. The van der Waals surface area contributed by atoms with Crippen molar-refractivity contribution < 1.29 is 30.5 Å². The van der Waals surface area contributed by atoms with Gasteiger partial charge in [-0.25, -0.2) is 4.98 Å². The van der Waals surface area contributed by atoms with E-state index in [1.54, 1.807) is 24.3 Å². The Labute approximate surface area is 143 Å². The van der Waals surface area contributed by atoms with Crippen LogP contribution in [0.25, 0.3) is 11.0 Å². The number of halogens is 4. The molecule has 0 aliphatic heterocycles. The fourth-order valence-electron chi connectivity index (χ4n) is 2.00. The highest BCUT2D eigenvalue weighted by molar-refractivity contribution is 7.99. The van der Waals surface area contributed by atoms with Crippen molar-refractivity contribution >= 4 is 28.5 Å². The van der Waals surface area contributed by atoms with E-state index >= 15 is 0 Å². The van der Waals surface area contributed by atoms with Gasteiger partial charge in [-0.05, 0) is 36.0 Å². The van der Waals surface area contributed by atoms with Crippen LogP contribution in [-0.4, -0.2) is 14.9 Å². The van der Waals surface area contributed by atoms with Gasteiger partial charge in [-0.15, -0.1) is 0 Å². The van der Waals surface area contributed by atoms with Gasteiger partial charge in [0.25, 0.3) is 5.69 Å². The summed E-state index contributed by atoms with van der Waals surface area (Å²) in [6.07, 6.45) is -4.63. The van der Waals surface area contributed by atoms with Crippen molar-refractivity contribution in [2.24, 2.45) is 0 Å². The Morgan fingerprint density at radius 2 is 1.88 bits per heavy atom. The Bertz CT molecular complexity index is 865. The smallest absolute Gasteiger partial charge is 0.416 e. The lowest BCUT2D eigenvalue weighted by molar-refractivity contribution is -0.388. The minimum atomic E-state index is -4.63. The molecule has 1 N–H and O–H groups in total. The summed E-state index contributed by atoms with van der Waals surface area (Å²) < 4.78 is 38.0. The van der Waals surface area contributed by atoms with Gasteiger partial charge in [-0.3, -0.25) is 10.1 Å². The van der Waals surface area contributed by atoms with Crippen LogP contribution in [0, 0.1) is 10.1 Å². The van der Waals surface area contributed by atoms with Crippen LogP contribution in [0.2, 0.25) is 0 Å². The zero-order chi connectivity index (χ0) is 16.6. The number of aromatic amines is 1. The fraction of sp³-hybridized carbons (Fsp3) is 0.0714. The lowest BCUT2D eigenvalue weighted by atomic mass is 10.2. The van der Waals surface area contributed by atoms with Crippen molar-refractivity contribution in [3.8, 4) is 0 Å². The van der Waals surface area contributed by atoms with Gasteiger partial charge in [0.15, 0.2) is 5.16 Å². The molecular weight excluding hydrogens is 367 g/mol. The third-order valence-corrected chi connectivity index (χ3v) is 4.01. The summed E-state index contributed by atoms with van der Waals surface area (Å²) in [5, 5.41) is 11.4. The summed E-state index contributed by atoms with van der Waals surface area (Å²) in [6.45, 7) is 0. The van der Waals surface area contributed by atoms with Gasteiger partial charge in [-0.2, -0.15) is 13.2 Å². The van der Waals surface area contributed by atoms with E-state index in [4.69, 9.17) is 0 Å². The molecule has 0 unspecified atom stereocenters. The number of fused-ring (bicyclic) bond motifs is 1. The van der Waals surface area contributed by atoms with Gasteiger partial charge in [0.05, 0.1) is 26.4 Å². The average Bonchev–Trinajstić information content (AvgIpc) is 2.88. The first-order valence-corrected chi connectivity index (χ1v) is 7.14. The van der Waals surface area contributed by atoms with E-state index in [1.807, 2.05) is 0 Å². The highest BCUT2D eigenvalue weighted by Gasteiger charge is 2.33. The molecule has 3 aromatic rings. The van der Waals surface area contributed by atoms with E-state index in [0.29, 0.717) is 16.7 Å². The standard InChI is InChI=1S/C14H8F3N3O2S.ClH/c15-14(16,17)8-5-6-12(11(7-8)20(21)22)23-13-18-9-3-1-2-4-10(9)19-13;/h1-7H,(H,18,19);1H/p-1. The van der Waals surface area contributed by atoms with Crippen molar-refractivity contribution in [3.63, 3.8) is 0 Å². The maximum Gasteiger partial charge on any atom is 0.416 e. The van der Waals surface area contributed by atoms with Crippen LogP contribution in [0.4, 0.5) is 18.9 Å². The van der Waals surface area contributed by atoms with E-state index in [0.717, 1.165) is 29.4 Å². The van der Waals surface area contributed by atoms with E-state index in [1.165, 1.54) is 0 Å². The molecule has 0 aliphatic rings. The summed E-state index contributed by atoms with van der Waals surface area (Å²) in [7, 11) is 0. The fourth-order valence-corrected chi connectivity index (χ4v) is 2.89. The van der Waals surface area contributed by atoms with E-state index < -0.39 is 22.4 Å². The number of rotatable bonds is 3. The highest BCUT2D eigenvalue weighted by Crippen LogP contribution is 2.38. The number of nitrogens with zero attached hydrogens (tertiary/aromatic N) is 2. The maximum absolute atomic E-state index is 12.7. The number of para-hydroxylation sites is 2. The zero-order valence-electron chi connectivity index (χ0n) is 11.7. The number of benzene rings is 2. The lowest BCUT2D eigenvalue weighted by Crippen LogP contribution is -3.00. The van der Waals surface area contributed by atoms with Crippen LogP contribution in [0.15, 0.2) is 52.5 Å². The van der Waals surface area contributed by atoms with Crippen LogP contribution in [0.1, 0.15) is 5.56 Å². The molecule has 126 valence electrons. The second-order valence-corrected chi connectivity index (χ2v) is 5.63. The van der Waals surface area contributed by atoms with Crippen LogP contribution in [-0.2, 0) is 6.18 Å². The molecule has 0 atom stereocenters. The molecule has 0 amide bonds. The summed E-state index contributed by atoms with van der Waals surface area (Å²) in [5.74, 6) is 0. The number of nitro benzene ring substituents is 1. The largest absolute Gasteiger partial charge is 1.00 e. The molecule has 1 aromatic heterocycles. The first-order valence-electron chi connectivity index (χ1n) is 6.33. The molecule has 10 heteroatoms. The molecule has 5 nitrogen and oxygen atoms in total. The number of hydrogen-bond acceptors (Lipinski definition) is 4. The second kappa shape index (κ2) is 6.70. The Morgan fingerprint density at radius 3 is 2.50 bits per heavy atom. The predicted molar refractivity (Wildman–Crippen MR) is 78.3 cm³/mol. The van der Waals surface area contributed by atoms with Crippen molar-refractivity contribution in [2.75, 3.05) is 0 Å². The van der Waals surface area contributed by atoms with Crippen LogP contribution >= 0.6 is 11.8 Å². The SMILES string of the molecule is O=[N+]([O-])c1cc(C(F)(F)F)ccc1Sc1nc2ccccc2[nH]1.[Cl-]. The Hall–Kier alpha value is -2.26. The third-order valence-electron chi connectivity index (χ3n) is 3.06. The minimum Gasteiger partial charge on any atom is -1.00 e. The molecule has 2 aromatic carbocycles. The zero-order valence-corrected chi connectivity index (χ0v) is 13.2. The topological polar surface area (TPSA) is 71.8 Å². The van der Waals surface area contributed by atoms with Crippen LogP contribution in [0.3, 0.4) is 0 Å². The predicted octanol–water partition coefficient (Wildman–Crippen LogP) is 1.65. The molecule has 0 aliphatic carbocycles. The number of nitro groups is 1. The number of aromatic nitrogens is 2. The molecule has 1 heterocycles. The van der Waals surface area contributed by atoms with Gasteiger partial charge in [0, 0.05) is 6.07 Å². The molecule has 0 fully saturated rings. The molecule has 0 spiro atoms. The number of hydrogen-bond donors (Lipinski definition) is 1. The molecule has 0 saturated carbocycles. The van der Waals surface area contributed by atoms with E-state index in [-0.39, 0.29) is 17.3 Å². The highest BCUT2D eigenvalue weighted by atomic mass is 35.5. The Kier molecular flexibility index (Phi) is 5.05. The molecule has 0 saturated heterocycles. The summed E-state index contributed by atoms with van der Waals surface area (Å²) in [4.78, 5) is 17.5. The van der Waals surface area contributed by atoms with Crippen LogP contribution in [0.5, 0.6) is 0 Å². The summed E-state index contributed by atoms with van der Waals surface area (Å²) in [5.41, 5.74) is -0.252. The van der Waals surface area contributed by atoms with Crippen molar-refractivity contribution in [1.29, 1.82) is 0 Å².